The number of piperidine rings is 1. The topological polar surface area (TPSA) is 90.5 Å². The molecule has 5 aliphatic rings. The van der Waals surface area contributed by atoms with Crippen molar-refractivity contribution in [3.05, 3.63) is 34.9 Å². The van der Waals surface area contributed by atoms with E-state index in [0.29, 0.717) is 23.9 Å². The number of hydrogen-bond donors (Lipinski definition) is 3. The van der Waals surface area contributed by atoms with Crippen LogP contribution in [0.4, 0.5) is 0 Å². The first-order valence-corrected chi connectivity index (χ1v) is 10.6. The number of nitrogens with one attached hydrogen (secondary N) is 3. The molecule has 3 saturated heterocycles. The van der Waals surface area contributed by atoms with Gasteiger partial charge in [-0.1, -0.05) is 19.1 Å². The van der Waals surface area contributed by atoms with Crippen LogP contribution in [-0.4, -0.2) is 47.3 Å². The van der Waals surface area contributed by atoms with Gasteiger partial charge in [0.25, 0.3) is 5.91 Å². The molecule has 4 aliphatic heterocycles. The number of fused-ring (bicyclic) bond motifs is 2. The van der Waals surface area contributed by atoms with Crippen LogP contribution in [0.25, 0.3) is 0 Å². The molecular formula is C22H28N4O3. The summed E-state index contributed by atoms with van der Waals surface area (Å²) in [5, 5.41) is 9.64. The summed E-state index contributed by atoms with van der Waals surface area (Å²) in [5.41, 5.74) is 3.59. The molecule has 1 atom stereocenters. The lowest BCUT2D eigenvalue weighted by atomic mass is 9.61. The molecule has 154 valence electrons. The van der Waals surface area contributed by atoms with Crippen molar-refractivity contribution < 1.29 is 14.4 Å². The monoisotopic (exact) mass is 396 g/mol. The number of carbonyl (C=O) groups excluding carboxylic acids is 3. The molecule has 7 nitrogen and oxygen atoms in total. The summed E-state index contributed by atoms with van der Waals surface area (Å²) in [6.45, 7) is 5.59. The van der Waals surface area contributed by atoms with E-state index in [1.54, 1.807) is 4.90 Å². The van der Waals surface area contributed by atoms with Crippen LogP contribution >= 0.6 is 0 Å². The van der Waals surface area contributed by atoms with Crippen molar-refractivity contribution in [3.8, 4) is 0 Å². The van der Waals surface area contributed by atoms with E-state index in [4.69, 9.17) is 0 Å². The molecule has 3 N–H and O–H groups in total. The van der Waals surface area contributed by atoms with Crippen LogP contribution in [0.5, 0.6) is 0 Å². The molecule has 3 amide bonds. The summed E-state index contributed by atoms with van der Waals surface area (Å²) in [6, 6.07) is 5.38. The maximum absolute atomic E-state index is 12.8. The zero-order valence-corrected chi connectivity index (χ0v) is 16.8. The van der Waals surface area contributed by atoms with Crippen molar-refractivity contribution >= 4 is 17.7 Å². The fourth-order valence-corrected chi connectivity index (χ4v) is 5.76. The molecule has 1 unspecified atom stereocenters. The van der Waals surface area contributed by atoms with Crippen LogP contribution < -0.4 is 16.0 Å². The Morgan fingerprint density at radius 3 is 2.79 bits per heavy atom. The van der Waals surface area contributed by atoms with Crippen molar-refractivity contribution in [1.82, 2.24) is 20.9 Å². The molecule has 1 saturated carbocycles. The lowest BCUT2D eigenvalue weighted by Gasteiger charge is -2.46. The highest BCUT2D eigenvalue weighted by molar-refractivity contribution is 6.05. The summed E-state index contributed by atoms with van der Waals surface area (Å²) in [7, 11) is 0. The van der Waals surface area contributed by atoms with Gasteiger partial charge in [0.1, 0.15) is 6.04 Å². The Balaban J connectivity index is 1.20. The van der Waals surface area contributed by atoms with E-state index >= 15 is 0 Å². The van der Waals surface area contributed by atoms with Crippen molar-refractivity contribution in [2.75, 3.05) is 13.1 Å². The van der Waals surface area contributed by atoms with Gasteiger partial charge in [-0.05, 0) is 48.3 Å². The molecule has 0 radical (unpaired) electrons. The van der Waals surface area contributed by atoms with Gasteiger partial charge >= 0.3 is 0 Å². The number of hydrogen-bond acceptors (Lipinski definition) is 5. The largest absolute Gasteiger partial charge is 0.322 e. The first kappa shape index (κ1) is 18.8. The second-order valence-corrected chi connectivity index (χ2v) is 9.34. The highest BCUT2D eigenvalue weighted by Crippen LogP contribution is 2.55. The molecule has 4 heterocycles. The molecule has 1 aromatic carbocycles. The summed E-state index contributed by atoms with van der Waals surface area (Å²) >= 11 is 0. The second kappa shape index (κ2) is 6.64. The third-order valence-corrected chi connectivity index (χ3v) is 7.40. The molecule has 1 aliphatic carbocycles. The van der Waals surface area contributed by atoms with Gasteiger partial charge in [0.05, 0.1) is 0 Å². The van der Waals surface area contributed by atoms with Gasteiger partial charge in [-0.2, -0.15) is 0 Å². The van der Waals surface area contributed by atoms with Gasteiger partial charge in [0, 0.05) is 43.7 Å². The Labute approximate surface area is 170 Å². The fourth-order valence-electron chi connectivity index (χ4n) is 5.76. The lowest BCUT2D eigenvalue weighted by molar-refractivity contribution is -0.136. The molecule has 0 spiro atoms. The average molecular weight is 396 g/mol. The molecular weight excluding hydrogens is 368 g/mol. The summed E-state index contributed by atoms with van der Waals surface area (Å²) < 4.78 is 0. The van der Waals surface area contributed by atoms with Crippen LogP contribution in [0.3, 0.4) is 0 Å². The zero-order valence-electron chi connectivity index (χ0n) is 16.8. The van der Waals surface area contributed by atoms with Gasteiger partial charge in [-0.15, -0.1) is 0 Å². The van der Waals surface area contributed by atoms with Gasteiger partial charge in [0.15, 0.2) is 0 Å². The number of imide groups is 1. The Kier molecular flexibility index (Phi) is 4.29. The maximum Gasteiger partial charge on any atom is 0.255 e. The van der Waals surface area contributed by atoms with E-state index in [2.05, 4.69) is 28.9 Å². The van der Waals surface area contributed by atoms with Crippen LogP contribution in [0.2, 0.25) is 0 Å². The van der Waals surface area contributed by atoms with E-state index < -0.39 is 6.04 Å². The fraction of sp³-hybridized carbons (Fsp3) is 0.591. The molecule has 1 aromatic rings. The molecule has 2 bridgehead atoms. The van der Waals surface area contributed by atoms with Crippen molar-refractivity contribution in [1.29, 1.82) is 0 Å². The molecule has 6 rings (SSSR count). The minimum Gasteiger partial charge on any atom is -0.322 e. The highest BCUT2D eigenvalue weighted by atomic mass is 16.2. The Morgan fingerprint density at radius 1 is 1.24 bits per heavy atom. The summed E-state index contributed by atoms with van der Waals surface area (Å²) in [6.07, 6.45) is 4.46. The number of benzene rings is 1. The molecule has 0 aromatic heterocycles. The van der Waals surface area contributed by atoms with Crippen LogP contribution in [0.1, 0.15) is 60.5 Å². The number of rotatable bonds is 6. The number of carbonyl (C=O) groups is 3. The molecule has 4 fully saturated rings. The quantitative estimate of drug-likeness (QED) is 0.626. The minimum atomic E-state index is -0.556. The van der Waals surface area contributed by atoms with E-state index in [1.165, 1.54) is 19.3 Å². The first-order valence-electron chi connectivity index (χ1n) is 10.6. The van der Waals surface area contributed by atoms with Crippen LogP contribution in [0, 0.1) is 5.41 Å². The van der Waals surface area contributed by atoms with Crippen molar-refractivity contribution in [2.24, 2.45) is 5.41 Å². The van der Waals surface area contributed by atoms with E-state index in [1.807, 2.05) is 12.1 Å². The third-order valence-electron chi connectivity index (χ3n) is 7.40. The van der Waals surface area contributed by atoms with Crippen molar-refractivity contribution in [2.45, 2.75) is 63.7 Å². The summed E-state index contributed by atoms with van der Waals surface area (Å²) in [4.78, 5) is 37.9. The van der Waals surface area contributed by atoms with Crippen LogP contribution in [0.15, 0.2) is 18.2 Å². The smallest absolute Gasteiger partial charge is 0.255 e. The first-order chi connectivity index (χ1) is 13.9. The number of amides is 3. The maximum atomic E-state index is 12.8. The molecule has 7 heteroatoms. The average Bonchev–Trinajstić information content (AvgIpc) is 3.32. The number of nitrogens with zero attached hydrogens (tertiary/aromatic N) is 1. The predicted octanol–water partition coefficient (Wildman–Crippen LogP) is 1.07. The minimum absolute atomic E-state index is 0.117. The van der Waals surface area contributed by atoms with E-state index in [9.17, 15) is 14.4 Å². The SMILES string of the molecule is CCC12CNC(CNCc3ccc4c(c3)CN(C3CCC(=O)NC3=O)C4=O)(C1)C2. The Hall–Kier alpha value is -2.25. The predicted molar refractivity (Wildman–Crippen MR) is 107 cm³/mol. The summed E-state index contributed by atoms with van der Waals surface area (Å²) in [5.74, 6) is -0.743. The van der Waals surface area contributed by atoms with Crippen molar-refractivity contribution in [3.63, 3.8) is 0 Å². The standard InChI is InChI=1S/C22H28N4O3/c1-2-21-10-22(11-21,24-12-21)13-23-8-14-3-4-16-15(7-14)9-26(20(16)29)17-5-6-18(27)25-19(17)28/h3-4,7,17,23-24H,2,5-6,8-13H2,1H3,(H,25,27,28). The van der Waals surface area contributed by atoms with Gasteiger partial charge in [-0.3, -0.25) is 19.7 Å². The second-order valence-electron chi connectivity index (χ2n) is 9.34. The normalized spacial score (nSPS) is 32.9. The zero-order chi connectivity index (χ0) is 20.2. The van der Waals surface area contributed by atoms with Gasteiger partial charge in [-0.25, -0.2) is 0 Å². The van der Waals surface area contributed by atoms with Crippen LogP contribution in [-0.2, 0) is 22.7 Å². The third kappa shape index (κ3) is 3.07. The molecule has 29 heavy (non-hydrogen) atoms. The van der Waals surface area contributed by atoms with Gasteiger partial charge in [0.2, 0.25) is 11.8 Å². The lowest BCUT2D eigenvalue weighted by Crippen LogP contribution is -2.54. The Bertz CT molecular complexity index is 890. The highest BCUT2D eigenvalue weighted by Gasteiger charge is 2.58. The Morgan fingerprint density at radius 2 is 2.07 bits per heavy atom. The van der Waals surface area contributed by atoms with E-state index in [0.717, 1.165) is 30.8 Å². The van der Waals surface area contributed by atoms with E-state index in [-0.39, 0.29) is 29.7 Å². The van der Waals surface area contributed by atoms with Gasteiger partial charge < -0.3 is 15.5 Å².